The lowest BCUT2D eigenvalue weighted by atomic mass is 9.75. The molecule has 1 fully saturated rings. The van der Waals surface area contributed by atoms with E-state index in [9.17, 15) is 22.0 Å². The summed E-state index contributed by atoms with van der Waals surface area (Å²) in [5, 5.41) is 0. The number of nitrogens with zero attached hydrogens (tertiary/aromatic N) is 1. The van der Waals surface area contributed by atoms with Crippen LogP contribution in [0.4, 0.5) is 22.0 Å². The largest absolute Gasteiger partial charge is 0.497 e. The van der Waals surface area contributed by atoms with E-state index >= 15 is 0 Å². The van der Waals surface area contributed by atoms with Crippen LogP contribution in [-0.2, 0) is 0 Å². The molecule has 9 heteroatoms. The minimum absolute atomic E-state index is 0.294. The molecule has 0 saturated carbocycles. The Bertz CT molecular complexity index is 1250. The Balaban J connectivity index is 1.50. The number of rotatable bonds is 7. The molecule has 1 saturated heterocycles. The molecule has 2 aliphatic heterocycles. The zero-order valence-corrected chi connectivity index (χ0v) is 20.2. The maximum absolute atomic E-state index is 14.9. The van der Waals surface area contributed by atoms with E-state index < -0.39 is 46.5 Å². The number of ether oxygens (including phenoxy) is 3. The summed E-state index contributed by atoms with van der Waals surface area (Å²) in [5.41, 5.74) is 0.271. The summed E-state index contributed by atoms with van der Waals surface area (Å²) >= 11 is 0. The highest BCUT2D eigenvalue weighted by atomic mass is 19.2. The summed E-state index contributed by atoms with van der Waals surface area (Å²) in [5.74, 6) is -10.2. The third kappa shape index (κ3) is 4.84. The first kappa shape index (κ1) is 25.3. The fourth-order valence-corrected chi connectivity index (χ4v) is 5.20. The number of halogens is 5. The van der Waals surface area contributed by atoms with Crippen molar-refractivity contribution in [2.75, 3.05) is 40.0 Å². The number of hydrogen-bond acceptors (Lipinski definition) is 4. The fourth-order valence-electron chi connectivity index (χ4n) is 5.20. The van der Waals surface area contributed by atoms with Crippen LogP contribution < -0.4 is 14.2 Å². The van der Waals surface area contributed by atoms with Crippen molar-refractivity contribution in [2.24, 2.45) is 0 Å². The number of methoxy groups -OCH3 is 1. The van der Waals surface area contributed by atoms with E-state index in [0.29, 0.717) is 35.0 Å². The summed E-state index contributed by atoms with van der Waals surface area (Å²) in [6.07, 6.45) is 2.38. The molecule has 0 aromatic heterocycles. The van der Waals surface area contributed by atoms with Crippen LogP contribution in [0.25, 0.3) is 0 Å². The van der Waals surface area contributed by atoms with Crippen molar-refractivity contribution in [1.82, 2.24) is 4.90 Å². The van der Waals surface area contributed by atoms with Crippen LogP contribution in [0.15, 0.2) is 42.5 Å². The van der Waals surface area contributed by atoms with E-state index in [1.165, 1.54) is 20.0 Å². The molecule has 0 bridgehead atoms. The quantitative estimate of drug-likeness (QED) is 0.212. The van der Waals surface area contributed by atoms with Gasteiger partial charge in [0, 0.05) is 35.6 Å². The first-order valence-corrected chi connectivity index (χ1v) is 12.2. The molecule has 0 aliphatic carbocycles. The highest BCUT2D eigenvalue weighted by Gasteiger charge is 2.40. The maximum atomic E-state index is 14.9. The van der Waals surface area contributed by atoms with Gasteiger partial charge in [-0.3, -0.25) is 4.90 Å². The van der Waals surface area contributed by atoms with Crippen molar-refractivity contribution < 1.29 is 36.2 Å². The average molecular weight is 520 g/mol. The summed E-state index contributed by atoms with van der Waals surface area (Å²) in [6.45, 7) is 3.17. The monoisotopic (exact) mass is 519 g/mol. The Morgan fingerprint density at radius 2 is 1.46 bits per heavy atom. The molecule has 3 aromatic rings. The topological polar surface area (TPSA) is 30.9 Å². The molecule has 4 nitrogen and oxygen atoms in total. The van der Waals surface area contributed by atoms with E-state index in [2.05, 4.69) is 4.90 Å². The SMILES string of the molecule is COc1ccc2c(c1)OCC(c1c(F)c(F)c(F)c(F)c1F)C2c1ccc(OCCN2CCCC2)cc1. The first-order chi connectivity index (χ1) is 17.9. The Morgan fingerprint density at radius 1 is 0.838 bits per heavy atom. The predicted octanol–water partition coefficient (Wildman–Crippen LogP) is 6.17. The van der Waals surface area contributed by atoms with Gasteiger partial charge < -0.3 is 14.2 Å². The Kier molecular flexibility index (Phi) is 7.24. The van der Waals surface area contributed by atoms with Crippen LogP contribution >= 0.6 is 0 Å². The standard InChI is InChI=1S/C28H26F5NO3/c1-35-18-8-9-19-21(14-18)37-15-20(23-24(29)26(31)28(33)27(32)25(23)30)22(19)16-4-6-17(7-5-16)36-13-12-34-10-2-3-11-34/h4-9,14,20,22H,2-3,10-13,15H2,1H3. The molecule has 2 heterocycles. The van der Waals surface area contributed by atoms with E-state index in [1.54, 1.807) is 42.5 Å². The fraction of sp³-hybridized carbons (Fsp3) is 0.357. The van der Waals surface area contributed by atoms with Crippen LogP contribution in [0.3, 0.4) is 0 Å². The van der Waals surface area contributed by atoms with Crippen molar-refractivity contribution in [3.8, 4) is 17.2 Å². The van der Waals surface area contributed by atoms with Crippen LogP contribution in [0, 0.1) is 29.1 Å². The number of benzene rings is 3. The van der Waals surface area contributed by atoms with Crippen LogP contribution in [0.5, 0.6) is 17.2 Å². The van der Waals surface area contributed by atoms with E-state index in [4.69, 9.17) is 14.2 Å². The molecule has 37 heavy (non-hydrogen) atoms. The van der Waals surface area contributed by atoms with Crippen molar-refractivity contribution in [1.29, 1.82) is 0 Å². The number of fused-ring (bicyclic) bond motifs is 1. The smallest absolute Gasteiger partial charge is 0.200 e. The third-order valence-electron chi connectivity index (χ3n) is 7.11. The maximum Gasteiger partial charge on any atom is 0.200 e. The van der Waals surface area contributed by atoms with Gasteiger partial charge in [-0.05, 0) is 49.7 Å². The van der Waals surface area contributed by atoms with Crippen LogP contribution in [0.1, 0.15) is 41.4 Å². The molecule has 0 spiro atoms. The molecule has 0 N–H and O–H groups in total. The molecule has 3 aromatic carbocycles. The highest BCUT2D eigenvalue weighted by molar-refractivity contribution is 5.51. The Labute approximate surface area is 211 Å². The Morgan fingerprint density at radius 3 is 2.11 bits per heavy atom. The average Bonchev–Trinajstić information content (AvgIpc) is 3.44. The second-order valence-corrected chi connectivity index (χ2v) is 9.25. The van der Waals surface area contributed by atoms with Gasteiger partial charge in [-0.15, -0.1) is 0 Å². The third-order valence-corrected chi connectivity index (χ3v) is 7.11. The molecule has 196 valence electrons. The first-order valence-electron chi connectivity index (χ1n) is 12.2. The van der Waals surface area contributed by atoms with Crippen molar-refractivity contribution in [3.63, 3.8) is 0 Å². The lowest BCUT2D eigenvalue weighted by Crippen LogP contribution is -2.28. The lowest BCUT2D eigenvalue weighted by Gasteiger charge is -2.35. The van der Waals surface area contributed by atoms with Gasteiger partial charge in [0.05, 0.1) is 13.7 Å². The van der Waals surface area contributed by atoms with Gasteiger partial charge in [-0.25, -0.2) is 22.0 Å². The van der Waals surface area contributed by atoms with E-state index in [1.807, 2.05) is 0 Å². The van der Waals surface area contributed by atoms with Crippen molar-refractivity contribution >= 4 is 0 Å². The Hall–Kier alpha value is -3.33. The highest BCUT2D eigenvalue weighted by Crippen LogP contribution is 2.48. The van der Waals surface area contributed by atoms with Gasteiger partial charge >= 0.3 is 0 Å². The normalized spacial score (nSPS) is 19.4. The van der Waals surface area contributed by atoms with Crippen LogP contribution in [-0.4, -0.2) is 44.9 Å². The van der Waals surface area contributed by atoms with Gasteiger partial charge in [0.15, 0.2) is 23.3 Å². The minimum Gasteiger partial charge on any atom is -0.497 e. The van der Waals surface area contributed by atoms with Gasteiger partial charge in [0.2, 0.25) is 5.82 Å². The van der Waals surface area contributed by atoms with Gasteiger partial charge in [-0.2, -0.15) is 0 Å². The van der Waals surface area contributed by atoms with Crippen molar-refractivity contribution in [3.05, 3.63) is 88.2 Å². The molecule has 2 unspecified atom stereocenters. The van der Waals surface area contributed by atoms with Crippen molar-refractivity contribution in [2.45, 2.75) is 24.7 Å². The molecule has 0 amide bonds. The summed E-state index contributed by atoms with van der Waals surface area (Å²) in [4.78, 5) is 2.33. The second kappa shape index (κ2) is 10.6. The molecular weight excluding hydrogens is 493 g/mol. The van der Waals surface area contributed by atoms with Crippen LogP contribution in [0.2, 0.25) is 0 Å². The molecular formula is C28H26F5NO3. The molecule has 5 rings (SSSR count). The molecule has 0 radical (unpaired) electrons. The molecule has 2 atom stereocenters. The lowest BCUT2D eigenvalue weighted by molar-refractivity contribution is 0.235. The zero-order valence-electron chi connectivity index (χ0n) is 20.2. The zero-order chi connectivity index (χ0) is 26.1. The van der Waals surface area contributed by atoms with E-state index in [0.717, 1.165) is 19.6 Å². The molecule has 2 aliphatic rings. The number of likely N-dealkylation sites (tertiary alicyclic amines) is 1. The summed E-state index contributed by atoms with van der Waals surface area (Å²) < 4.78 is 88.6. The van der Waals surface area contributed by atoms with Gasteiger partial charge in [0.1, 0.15) is 23.9 Å². The van der Waals surface area contributed by atoms with E-state index in [-0.39, 0.29) is 6.61 Å². The van der Waals surface area contributed by atoms with Gasteiger partial charge in [0.25, 0.3) is 0 Å². The predicted molar refractivity (Wildman–Crippen MR) is 127 cm³/mol. The minimum atomic E-state index is -2.19. The number of hydrogen-bond donors (Lipinski definition) is 0. The second-order valence-electron chi connectivity index (χ2n) is 9.25. The van der Waals surface area contributed by atoms with Gasteiger partial charge in [-0.1, -0.05) is 18.2 Å². The summed E-state index contributed by atoms with van der Waals surface area (Å²) in [6, 6.07) is 11.9. The summed E-state index contributed by atoms with van der Waals surface area (Å²) in [7, 11) is 1.49.